The van der Waals surface area contributed by atoms with Crippen LogP contribution in [0.1, 0.15) is 19.3 Å². The summed E-state index contributed by atoms with van der Waals surface area (Å²) in [6.07, 6.45) is 4.00. The van der Waals surface area contributed by atoms with E-state index in [4.69, 9.17) is 33.7 Å². The maximum Gasteiger partial charge on any atom is 0.232 e. The fourth-order valence-corrected chi connectivity index (χ4v) is 2.66. The van der Waals surface area contributed by atoms with Gasteiger partial charge in [-0.2, -0.15) is 0 Å². The van der Waals surface area contributed by atoms with E-state index in [2.05, 4.69) is 10.3 Å². The standard InChI is InChI=1S/C13H17Cl2N3O2/c14-9-6-11(15)13(18-7-9)20-4-3-17-12(19)8-1-2-10(16)5-8/h6-8,10H,1-5,16H2,(H,17,19). The van der Waals surface area contributed by atoms with Crippen LogP contribution in [0.3, 0.4) is 0 Å². The lowest BCUT2D eigenvalue weighted by molar-refractivity contribution is -0.124. The van der Waals surface area contributed by atoms with Gasteiger partial charge in [0.15, 0.2) is 0 Å². The number of rotatable bonds is 5. The molecule has 0 spiro atoms. The molecule has 1 aliphatic rings. The molecule has 1 saturated carbocycles. The summed E-state index contributed by atoms with van der Waals surface area (Å²) in [7, 11) is 0. The fraction of sp³-hybridized carbons (Fsp3) is 0.538. The zero-order chi connectivity index (χ0) is 14.5. The monoisotopic (exact) mass is 317 g/mol. The number of pyridine rings is 1. The Morgan fingerprint density at radius 2 is 2.30 bits per heavy atom. The average Bonchev–Trinajstić information content (AvgIpc) is 2.83. The molecule has 20 heavy (non-hydrogen) atoms. The topological polar surface area (TPSA) is 77.2 Å². The Hall–Kier alpha value is -1.04. The molecule has 0 aromatic carbocycles. The molecule has 1 aromatic rings. The number of hydrogen-bond donors (Lipinski definition) is 2. The summed E-state index contributed by atoms with van der Waals surface area (Å²) >= 11 is 11.7. The third-order valence-electron chi connectivity index (χ3n) is 3.26. The van der Waals surface area contributed by atoms with Crippen LogP contribution in [0, 0.1) is 5.92 Å². The van der Waals surface area contributed by atoms with Crippen LogP contribution in [0.25, 0.3) is 0 Å². The lowest BCUT2D eigenvalue weighted by Crippen LogP contribution is -2.33. The lowest BCUT2D eigenvalue weighted by atomic mass is 10.1. The van der Waals surface area contributed by atoms with Gasteiger partial charge in [0.1, 0.15) is 11.6 Å². The summed E-state index contributed by atoms with van der Waals surface area (Å²) in [5.74, 6) is 0.382. The molecule has 0 radical (unpaired) electrons. The van der Waals surface area contributed by atoms with Crippen LogP contribution in [0.4, 0.5) is 0 Å². The predicted molar refractivity (Wildman–Crippen MR) is 78.1 cm³/mol. The number of halogens is 2. The molecule has 1 amide bonds. The van der Waals surface area contributed by atoms with Gasteiger partial charge in [0.25, 0.3) is 0 Å². The largest absolute Gasteiger partial charge is 0.475 e. The molecule has 0 bridgehead atoms. The summed E-state index contributed by atoms with van der Waals surface area (Å²) < 4.78 is 5.38. The third kappa shape index (κ3) is 4.23. The second-order valence-corrected chi connectivity index (χ2v) is 5.69. The van der Waals surface area contributed by atoms with E-state index in [-0.39, 0.29) is 17.9 Å². The van der Waals surface area contributed by atoms with E-state index in [0.29, 0.717) is 29.1 Å². The molecule has 3 N–H and O–H groups in total. The molecule has 0 saturated heterocycles. The Balaban J connectivity index is 1.70. The van der Waals surface area contributed by atoms with E-state index in [0.717, 1.165) is 19.3 Å². The molecule has 1 aromatic heterocycles. The first-order chi connectivity index (χ1) is 9.56. The summed E-state index contributed by atoms with van der Waals surface area (Å²) in [6, 6.07) is 1.71. The highest BCUT2D eigenvalue weighted by atomic mass is 35.5. The summed E-state index contributed by atoms with van der Waals surface area (Å²) in [5, 5.41) is 3.63. The number of aromatic nitrogens is 1. The maximum absolute atomic E-state index is 11.8. The number of nitrogens with one attached hydrogen (secondary N) is 1. The smallest absolute Gasteiger partial charge is 0.232 e. The SMILES string of the molecule is NC1CCC(C(=O)NCCOc2ncc(Cl)cc2Cl)C1. The minimum absolute atomic E-state index is 0.0299. The van der Waals surface area contributed by atoms with Crippen molar-refractivity contribution in [2.24, 2.45) is 11.7 Å². The maximum atomic E-state index is 11.8. The molecular weight excluding hydrogens is 301 g/mol. The Kier molecular flexibility index (Phi) is 5.46. The summed E-state index contributed by atoms with van der Waals surface area (Å²) in [5.41, 5.74) is 5.78. The van der Waals surface area contributed by atoms with E-state index >= 15 is 0 Å². The van der Waals surface area contributed by atoms with Gasteiger partial charge in [-0.15, -0.1) is 0 Å². The molecule has 1 fully saturated rings. The summed E-state index contributed by atoms with van der Waals surface area (Å²) in [6.45, 7) is 0.712. The molecule has 2 atom stereocenters. The zero-order valence-electron chi connectivity index (χ0n) is 10.9. The van der Waals surface area contributed by atoms with Crippen LogP contribution in [-0.4, -0.2) is 30.1 Å². The Morgan fingerprint density at radius 3 is 2.95 bits per heavy atom. The highest BCUT2D eigenvalue weighted by molar-refractivity contribution is 6.35. The minimum Gasteiger partial charge on any atom is -0.475 e. The van der Waals surface area contributed by atoms with Crippen LogP contribution in [0.2, 0.25) is 10.0 Å². The van der Waals surface area contributed by atoms with Crippen LogP contribution < -0.4 is 15.8 Å². The number of hydrogen-bond acceptors (Lipinski definition) is 4. The van der Waals surface area contributed by atoms with Crippen molar-refractivity contribution >= 4 is 29.1 Å². The van der Waals surface area contributed by atoms with Crippen molar-refractivity contribution in [3.63, 3.8) is 0 Å². The van der Waals surface area contributed by atoms with E-state index in [1.165, 1.54) is 6.20 Å². The van der Waals surface area contributed by atoms with Gasteiger partial charge in [-0.25, -0.2) is 4.98 Å². The van der Waals surface area contributed by atoms with Crippen molar-refractivity contribution in [1.82, 2.24) is 10.3 Å². The van der Waals surface area contributed by atoms with E-state index < -0.39 is 0 Å². The van der Waals surface area contributed by atoms with Gasteiger partial charge in [-0.3, -0.25) is 4.79 Å². The van der Waals surface area contributed by atoms with Gasteiger partial charge in [-0.1, -0.05) is 23.2 Å². The fourth-order valence-electron chi connectivity index (χ4n) is 2.23. The van der Waals surface area contributed by atoms with Crippen molar-refractivity contribution in [2.75, 3.05) is 13.2 Å². The molecule has 0 aliphatic heterocycles. The predicted octanol–water partition coefficient (Wildman–Crippen LogP) is 2.01. The van der Waals surface area contributed by atoms with Gasteiger partial charge < -0.3 is 15.8 Å². The Morgan fingerprint density at radius 1 is 1.50 bits per heavy atom. The summed E-state index contributed by atoms with van der Waals surface area (Å²) in [4.78, 5) is 15.8. The van der Waals surface area contributed by atoms with Crippen molar-refractivity contribution in [2.45, 2.75) is 25.3 Å². The molecular formula is C13H17Cl2N3O2. The van der Waals surface area contributed by atoms with Crippen molar-refractivity contribution < 1.29 is 9.53 Å². The van der Waals surface area contributed by atoms with Gasteiger partial charge >= 0.3 is 0 Å². The number of ether oxygens (including phenoxy) is 1. The van der Waals surface area contributed by atoms with E-state index in [1.54, 1.807) is 6.07 Å². The minimum atomic E-state index is 0.0299. The first-order valence-electron chi connectivity index (χ1n) is 6.53. The van der Waals surface area contributed by atoms with E-state index in [9.17, 15) is 4.79 Å². The van der Waals surface area contributed by atoms with E-state index in [1.807, 2.05) is 0 Å². The molecule has 2 unspecified atom stereocenters. The molecule has 7 heteroatoms. The lowest BCUT2D eigenvalue weighted by Gasteiger charge is -2.11. The van der Waals surface area contributed by atoms with Crippen molar-refractivity contribution in [1.29, 1.82) is 0 Å². The second kappa shape index (κ2) is 7.11. The molecule has 2 rings (SSSR count). The molecule has 1 heterocycles. The van der Waals surface area contributed by atoms with Crippen LogP contribution in [-0.2, 0) is 4.79 Å². The quantitative estimate of drug-likeness (QED) is 0.814. The normalized spacial score (nSPS) is 21.8. The van der Waals surface area contributed by atoms with Crippen molar-refractivity contribution in [3.05, 3.63) is 22.3 Å². The Labute approximate surface area is 127 Å². The zero-order valence-corrected chi connectivity index (χ0v) is 12.5. The number of carbonyl (C=O) groups excluding carboxylic acids is 1. The van der Waals surface area contributed by atoms with Crippen LogP contribution >= 0.6 is 23.2 Å². The van der Waals surface area contributed by atoms with Gasteiger partial charge in [-0.05, 0) is 25.3 Å². The van der Waals surface area contributed by atoms with Crippen LogP contribution in [0.5, 0.6) is 5.88 Å². The molecule has 5 nitrogen and oxygen atoms in total. The van der Waals surface area contributed by atoms with Crippen LogP contribution in [0.15, 0.2) is 12.3 Å². The number of amides is 1. The van der Waals surface area contributed by atoms with Crippen molar-refractivity contribution in [3.8, 4) is 5.88 Å². The third-order valence-corrected chi connectivity index (χ3v) is 3.74. The molecule has 110 valence electrons. The van der Waals surface area contributed by atoms with Gasteiger partial charge in [0, 0.05) is 18.2 Å². The second-order valence-electron chi connectivity index (χ2n) is 4.85. The highest BCUT2D eigenvalue weighted by Gasteiger charge is 2.27. The Bertz CT molecular complexity index is 485. The number of nitrogens with two attached hydrogens (primary N) is 1. The number of nitrogens with zero attached hydrogens (tertiary/aromatic N) is 1. The average molecular weight is 318 g/mol. The first kappa shape index (κ1) is 15.4. The first-order valence-corrected chi connectivity index (χ1v) is 7.29. The van der Waals surface area contributed by atoms with Gasteiger partial charge in [0.05, 0.1) is 11.6 Å². The highest BCUT2D eigenvalue weighted by Crippen LogP contribution is 2.25. The number of carbonyl (C=O) groups is 1. The van der Waals surface area contributed by atoms with Gasteiger partial charge in [0.2, 0.25) is 11.8 Å². The molecule has 1 aliphatic carbocycles.